The van der Waals surface area contributed by atoms with Crippen molar-refractivity contribution in [3.8, 4) is 0 Å². The standard InChI is InChI=1S/C17H33N3O2S/c1-3-18-16(20-14-17(2)7-4-11-23-17)19-8-5-9-21-12-15-6-10-22-13-15/h15H,3-14H2,1-2H3,(H2,18,19,20). The minimum absolute atomic E-state index is 0.328. The molecular weight excluding hydrogens is 310 g/mol. The van der Waals surface area contributed by atoms with E-state index in [4.69, 9.17) is 14.5 Å². The molecule has 5 nitrogen and oxygen atoms in total. The maximum Gasteiger partial charge on any atom is 0.191 e. The van der Waals surface area contributed by atoms with Gasteiger partial charge in [-0.15, -0.1) is 0 Å². The molecule has 0 spiro atoms. The van der Waals surface area contributed by atoms with E-state index in [1.807, 2.05) is 0 Å². The molecule has 0 aromatic heterocycles. The molecule has 2 unspecified atom stereocenters. The van der Waals surface area contributed by atoms with Crippen LogP contribution in [0.2, 0.25) is 0 Å². The van der Waals surface area contributed by atoms with Gasteiger partial charge >= 0.3 is 0 Å². The Hall–Kier alpha value is -0.460. The van der Waals surface area contributed by atoms with E-state index >= 15 is 0 Å². The molecule has 0 amide bonds. The minimum atomic E-state index is 0.328. The van der Waals surface area contributed by atoms with Crippen molar-refractivity contribution in [2.24, 2.45) is 10.9 Å². The summed E-state index contributed by atoms with van der Waals surface area (Å²) in [7, 11) is 0. The Bertz CT molecular complexity index is 354. The van der Waals surface area contributed by atoms with E-state index in [0.29, 0.717) is 10.7 Å². The molecule has 2 saturated heterocycles. The molecule has 6 heteroatoms. The van der Waals surface area contributed by atoms with Crippen LogP contribution in [0.4, 0.5) is 0 Å². The van der Waals surface area contributed by atoms with E-state index in [2.05, 4.69) is 36.2 Å². The summed E-state index contributed by atoms with van der Waals surface area (Å²) in [4.78, 5) is 4.76. The van der Waals surface area contributed by atoms with E-state index in [1.165, 1.54) is 18.6 Å². The predicted octanol–water partition coefficient (Wildman–Crippen LogP) is 2.27. The summed E-state index contributed by atoms with van der Waals surface area (Å²) in [6, 6.07) is 0. The molecule has 2 atom stereocenters. The highest BCUT2D eigenvalue weighted by molar-refractivity contribution is 8.00. The fourth-order valence-corrected chi connectivity index (χ4v) is 4.12. The van der Waals surface area contributed by atoms with Crippen molar-refractivity contribution in [3.05, 3.63) is 0 Å². The van der Waals surface area contributed by atoms with Crippen molar-refractivity contribution < 1.29 is 9.47 Å². The van der Waals surface area contributed by atoms with Crippen LogP contribution in [-0.2, 0) is 9.47 Å². The lowest BCUT2D eigenvalue weighted by Crippen LogP contribution is -2.39. The van der Waals surface area contributed by atoms with E-state index in [0.717, 1.165) is 64.9 Å². The number of rotatable bonds is 9. The minimum Gasteiger partial charge on any atom is -0.381 e. The van der Waals surface area contributed by atoms with Crippen molar-refractivity contribution in [3.63, 3.8) is 0 Å². The van der Waals surface area contributed by atoms with Gasteiger partial charge in [-0.2, -0.15) is 11.8 Å². The number of nitrogens with one attached hydrogen (secondary N) is 2. The molecule has 0 radical (unpaired) electrons. The summed E-state index contributed by atoms with van der Waals surface area (Å²) in [5, 5.41) is 6.75. The lowest BCUT2D eigenvalue weighted by molar-refractivity contribution is 0.0888. The average molecular weight is 344 g/mol. The van der Waals surface area contributed by atoms with Crippen LogP contribution in [0.15, 0.2) is 4.99 Å². The van der Waals surface area contributed by atoms with Crippen molar-refractivity contribution in [2.45, 2.75) is 44.3 Å². The smallest absolute Gasteiger partial charge is 0.191 e. The Morgan fingerprint density at radius 2 is 2.35 bits per heavy atom. The summed E-state index contributed by atoms with van der Waals surface area (Å²) in [6.07, 6.45) is 4.75. The number of aliphatic imine (C=N–C) groups is 1. The topological polar surface area (TPSA) is 54.9 Å². The number of ether oxygens (including phenoxy) is 2. The van der Waals surface area contributed by atoms with Crippen molar-refractivity contribution in [2.75, 3.05) is 51.8 Å². The molecule has 2 heterocycles. The third-order valence-electron chi connectivity index (χ3n) is 4.35. The van der Waals surface area contributed by atoms with Gasteiger partial charge in [0.2, 0.25) is 0 Å². The van der Waals surface area contributed by atoms with Gasteiger partial charge in [0, 0.05) is 37.0 Å². The van der Waals surface area contributed by atoms with Gasteiger partial charge in [-0.3, -0.25) is 4.99 Å². The third kappa shape index (κ3) is 7.31. The number of guanidine groups is 1. The van der Waals surface area contributed by atoms with Gasteiger partial charge < -0.3 is 20.1 Å². The molecule has 23 heavy (non-hydrogen) atoms. The summed E-state index contributed by atoms with van der Waals surface area (Å²) < 4.78 is 11.4. The quantitative estimate of drug-likeness (QED) is 0.382. The molecule has 0 saturated carbocycles. The van der Waals surface area contributed by atoms with E-state index in [-0.39, 0.29) is 0 Å². The predicted molar refractivity (Wildman–Crippen MR) is 98.4 cm³/mol. The highest BCUT2D eigenvalue weighted by atomic mass is 32.2. The van der Waals surface area contributed by atoms with Crippen LogP contribution in [0.25, 0.3) is 0 Å². The van der Waals surface area contributed by atoms with E-state index in [9.17, 15) is 0 Å². The van der Waals surface area contributed by atoms with Gasteiger partial charge in [-0.05, 0) is 45.3 Å². The summed E-state index contributed by atoms with van der Waals surface area (Å²) in [6.45, 7) is 10.5. The number of hydrogen-bond acceptors (Lipinski definition) is 4. The second-order valence-corrected chi connectivity index (χ2v) is 8.36. The fourth-order valence-electron chi connectivity index (χ4n) is 2.90. The highest BCUT2D eigenvalue weighted by Gasteiger charge is 2.29. The van der Waals surface area contributed by atoms with Crippen LogP contribution < -0.4 is 10.6 Å². The molecule has 0 bridgehead atoms. The highest BCUT2D eigenvalue weighted by Crippen LogP contribution is 2.37. The molecular formula is C17H33N3O2S. The first-order valence-electron chi connectivity index (χ1n) is 9.03. The van der Waals surface area contributed by atoms with Crippen LogP contribution in [0.5, 0.6) is 0 Å². The van der Waals surface area contributed by atoms with Gasteiger partial charge in [0.25, 0.3) is 0 Å². The van der Waals surface area contributed by atoms with Crippen LogP contribution in [0.3, 0.4) is 0 Å². The van der Waals surface area contributed by atoms with Gasteiger partial charge in [0.1, 0.15) is 0 Å². The number of thioether (sulfide) groups is 1. The first-order valence-corrected chi connectivity index (χ1v) is 10.0. The molecule has 2 aliphatic heterocycles. The molecule has 2 aliphatic rings. The van der Waals surface area contributed by atoms with Crippen LogP contribution in [0, 0.1) is 5.92 Å². The fraction of sp³-hybridized carbons (Fsp3) is 0.941. The summed E-state index contributed by atoms with van der Waals surface area (Å²) in [5.74, 6) is 2.82. The van der Waals surface area contributed by atoms with Gasteiger partial charge in [-0.1, -0.05) is 0 Å². The molecule has 0 aromatic rings. The SMILES string of the molecule is CCNC(=NCC1(C)CCCS1)NCCCOCC1CCOC1. The maximum atomic E-state index is 5.73. The molecule has 2 N–H and O–H groups in total. The average Bonchev–Trinajstić information content (AvgIpc) is 3.20. The van der Waals surface area contributed by atoms with Gasteiger partial charge in [0.05, 0.1) is 19.8 Å². The lowest BCUT2D eigenvalue weighted by atomic mass is 10.1. The summed E-state index contributed by atoms with van der Waals surface area (Å²) >= 11 is 2.06. The van der Waals surface area contributed by atoms with Crippen molar-refractivity contribution in [1.82, 2.24) is 10.6 Å². The normalized spacial score (nSPS) is 28.3. The first-order chi connectivity index (χ1) is 11.2. The monoisotopic (exact) mass is 343 g/mol. The van der Waals surface area contributed by atoms with Gasteiger partial charge in [-0.25, -0.2) is 0 Å². The zero-order valence-corrected chi connectivity index (χ0v) is 15.6. The first kappa shape index (κ1) is 18.9. The molecule has 2 rings (SSSR count). The Balaban J connectivity index is 1.57. The lowest BCUT2D eigenvalue weighted by Gasteiger charge is -2.21. The molecule has 0 aliphatic carbocycles. The van der Waals surface area contributed by atoms with E-state index < -0.39 is 0 Å². The maximum absolute atomic E-state index is 5.73. The second kappa shape index (κ2) is 10.4. The Labute approximate surface area is 145 Å². The molecule has 134 valence electrons. The Morgan fingerprint density at radius 3 is 3.04 bits per heavy atom. The third-order valence-corrected chi connectivity index (χ3v) is 5.87. The number of hydrogen-bond donors (Lipinski definition) is 2. The van der Waals surface area contributed by atoms with Crippen LogP contribution in [-0.4, -0.2) is 62.5 Å². The Kier molecular flexibility index (Phi) is 8.55. The summed E-state index contributed by atoms with van der Waals surface area (Å²) in [5.41, 5.74) is 0. The van der Waals surface area contributed by atoms with Gasteiger partial charge in [0.15, 0.2) is 5.96 Å². The zero-order valence-electron chi connectivity index (χ0n) is 14.7. The second-order valence-electron chi connectivity index (χ2n) is 6.68. The van der Waals surface area contributed by atoms with Crippen LogP contribution in [0.1, 0.15) is 39.5 Å². The van der Waals surface area contributed by atoms with Crippen LogP contribution >= 0.6 is 11.8 Å². The number of nitrogens with zero attached hydrogens (tertiary/aromatic N) is 1. The Morgan fingerprint density at radius 1 is 1.43 bits per heavy atom. The van der Waals surface area contributed by atoms with Crippen molar-refractivity contribution >= 4 is 17.7 Å². The van der Waals surface area contributed by atoms with Crippen molar-refractivity contribution in [1.29, 1.82) is 0 Å². The van der Waals surface area contributed by atoms with E-state index in [1.54, 1.807) is 0 Å². The molecule has 2 fully saturated rings. The molecule has 0 aromatic carbocycles. The largest absolute Gasteiger partial charge is 0.381 e. The zero-order chi connectivity index (χ0) is 16.4.